The van der Waals surface area contributed by atoms with E-state index in [4.69, 9.17) is 0 Å². The van der Waals surface area contributed by atoms with Gasteiger partial charge in [-0.2, -0.15) is 0 Å². The van der Waals surface area contributed by atoms with Crippen LogP contribution in [-0.2, 0) is 11.3 Å². The number of amides is 2. The van der Waals surface area contributed by atoms with E-state index in [0.29, 0.717) is 19.4 Å². The van der Waals surface area contributed by atoms with Crippen molar-refractivity contribution in [1.82, 2.24) is 10.2 Å². The number of nitrogens with one attached hydrogen (secondary N) is 1. The van der Waals surface area contributed by atoms with Gasteiger partial charge in [-0.05, 0) is 25.8 Å². The first-order valence-electron chi connectivity index (χ1n) is 7.10. The molecule has 1 atom stereocenters. The lowest BCUT2D eigenvalue weighted by molar-refractivity contribution is -0.144. The van der Waals surface area contributed by atoms with Gasteiger partial charge in [0, 0.05) is 13.6 Å². The minimum atomic E-state index is -1.23. The van der Waals surface area contributed by atoms with E-state index in [1.807, 2.05) is 38.1 Å². The molecule has 0 aliphatic carbocycles. The molecule has 21 heavy (non-hydrogen) atoms. The molecule has 5 nitrogen and oxygen atoms in total. The standard InChI is InChI=1S/C16H24N2O3/c1-5-10-16(3,14(19)20)17-15(21)18(4)11-13-8-6-12(2)7-9-13/h6-9H,5,10-11H2,1-4H3,(H,17,21)(H,19,20). The Balaban J connectivity index is 2.69. The maximum absolute atomic E-state index is 12.2. The van der Waals surface area contributed by atoms with Crippen LogP contribution in [0.3, 0.4) is 0 Å². The van der Waals surface area contributed by atoms with Gasteiger partial charge in [-0.1, -0.05) is 43.2 Å². The van der Waals surface area contributed by atoms with Crippen LogP contribution in [-0.4, -0.2) is 34.6 Å². The summed E-state index contributed by atoms with van der Waals surface area (Å²) in [5, 5.41) is 11.9. The second-order valence-corrected chi connectivity index (χ2v) is 5.66. The van der Waals surface area contributed by atoms with Crippen LogP contribution in [0.2, 0.25) is 0 Å². The molecule has 0 aromatic heterocycles. The third-order valence-corrected chi connectivity index (χ3v) is 3.49. The number of nitrogens with zero attached hydrogens (tertiary/aromatic N) is 1. The normalized spacial score (nSPS) is 13.3. The van der Waals surface area contributed by atoms with Crippen LogP contribution in [0.5, 0.6) is 0 Å². The number of benzene rings is 1. The highest BCUT2D eigenvalue weighted by atomic mass is 16.4. The van der Waals surface area contributed by atoms with Crippen molar-refractivity contribution in [2.75, 3.05) is 7.05 Å². The van der Waals surface area contributed by atoms with Crippen molar-refractivity contribution in [2.24, 2.45) is 0 Å². The van der Waals surface area contributed by atoms with Gasteiger partial charge in [-0.25, -0.2) is 9.59 Å². The number of rotatable bonds is 6. The van der Waals surface area contributed by atoms with E-state index in [1.165, 1.54) is 11.8 Å². The highest BCUT2D eigenvalue weighted by Gasteiger charge is 2.34. The number of hydrogen-bond acceptors (Lipinski definition) is 2. The van der Waals surface area contributed by atoms with Gasteiger partial charge in [0.15, 0.2) is 0 Å². The number of carboxylic acid groups (broad SMARTS) is 1. The Bertz CT molecular complexity index is 499. The van der Waals surface area contributed by atoms with E-state index in [0.717, 1.165) is 11.1 Å². The number of carboxylic acids is 1. The van der Waals surface area contributed by atoms with Gasteiger partial charge in [0.25, 0.3) is 0 Å². The quantitative estimate of drug-likeness (QED) is 0.847. The molecule has 5 heteroatoms. The zero-order chi connectivity index (χ0) is 16.0. The SMILES string of the molecule is CCCC(C)(NC(=O)N(C)Cc1ccc(C)cc1)C(=O)O. The average Bonchev–Trinajstić information content (AvgIpc) is 2.41. The Morgan fingerprint density at radius 1 is 1.29 bits per heavy atom. The maximum atomic E-state index is 12.2. The Morgan fingerprint density at radius 3 is 2.33 bits per heavy atom. The van der Waals surface area contributed by atoms with Crippen LogP contribution >= 0.6 is 0 Å². The van der Waals surface area contributed by atoms with Crippen LogP contribution in [0, 0.1) is 6.92 Å². The van der Waals surface area contributed by atoms with Crippen LogP contribution in [0.4, 0.5) is 4.79 Å². The minimum absolute atomic E-state index is 0.381. The number of hydrogen-bond donors (Lipinski definition) is 2. The number of urea groups is 1. The summed E-state index contributed by atoms with van der Waals surface area (Å²) < 4.78 is 0. The fourth-order valence-electron chi connectivity index (χ4n) is 2.09. The summed E-state index contributed by atoms with van der Waals surface area (Å²) in [6.07, 6.45) is 1.08. The molecule has 1 aromatic carbocycles. The van der Waals surface area contributed by atoms with E-state index < -0.39 is 11.5 Å². The fraction of sp³-hybridized carbons (Fsp3) is 0.500. The van der Waals surface area contributed by atoms with Crippen LogP contribution in [0.25, 0.3) is 0 Å². The van der Waals surface area contributed by atoms with Gasteiger partial charge >= 0.3 is 12.0 Å². The number of carbonyl (C=O) groups is 2. The highest BCUT2D eigenvalue weighted by molar-refractivity contribution is 5.85. The van der Waals surface area contributed by atoms with Crippen molar-refractivity contribution in [2.45, 2.75) is 45.7 Å². The Kier molecular flexibility index (Phi) is 5.76. The van der Waals surface area contributed by atoms with Gasteiger partial charge in [0.1, 0.15) is 5.54 Å². The topological polar surface area (TPSA) is 69.6 Å². The lowest BCUT2D eigenvalue weighted by Crippen LogP contribution is -2.55. The van der Waals surface area contributed by atoms with E-state index in [-0.39, 0.29) is 6.03 Å². The molecule has 0 heterocycles. The summed E-state index contributed by atoms with van der Waals surface area (Å²) in [6, 6.07) is 7.51. The lowest BCUT2D eigenvalue weighted by atomic mass is 9.96. The van der Waals surface area contributed by atoms with Crippen molar-refractivity contribution in [3.8, 4) is 0 Å². The van der Waals surface area contributed by atoms with Crippen molar-refractivity contribution in [3.05, 3.63) is 35.4 Å². The molecule has 0 spiro atoms. The molecule has 1 aromatic rings. The van der Waals surface area contributed by atoms with Gasteiger partial charge in [-0.3, -0.25) is 0 Å². The molecule has 0 aliphatic heterocycles. The van der Waals surface area contributed by atoms with Crippen LogP contribution in [0.1, 0.15) is 37.8 Å². The van der Waals surface area contributed by atoms with E-state index >= 15 is 0 Å². The van der Waals surface area contributed by atoms with Gasteiger partial charge in [0.2, 0.25) is 0 Å². The number of aryl methyl sites for hydroxylation is 1. The Morgan fingerprint density at radius 2 is 1.86 bits per heavy atom. The second kappa shape index (κ2) is 7.11. The van der Waals surface area contributed by atoms with Gasteiger partial charge in [-0.15, -0.1) is 0 Å². The summed E-state index contributed by atoms with van der Waals surface area (Å²) in [5.41, 5.74) is 0.936. The lowest BCUT2D eigenvalue weighted by Gasteiger charge is -2.29. The first-order chi connectivity index (χ1) is 9.78. The summed E-state index contributed by atoms with van der Waals surface area (Å²) >= 11 is 0. The average molecular weight is 292 g/mol. The summed E-state index contributed by atoms with van der Waals surface area (Å²) in [5.74, 6) is -1.01. The first-order valence-corrected chi connectivity index (χ1v) is 7.10. The molecule has 116 valence electrons. The monoisotopic (exact) mass is 292 g/mol. The fourth-order valence-corrected chi connectivity index (χ4v) is 2.09. The summed E-state index contributed by atoms with van der Waals surface area (Å²) in [6.45, 7) is 5.87. The molecule has 1 unspecified atom stereocenters. The molecule has 0 saturated carbocycles. The Labute approximate surface area is 126 Å². The maximum Gasteiger partial charge on any atom is 0.329 e. The van der Waals surface area contributed by atoms with Crippen LogP contribution < -0.4 is 5.32 Å². The van der Waals surface area contributed by atoms with E-state index in [1.54, 1.807) is 7.05 Å². The third-order valence-electron chi connectivity index (χ3n) is 3.49. The molecular weight excluding hydrogens is 268 g/mol. The number of carbonyl (C=O) groups excluding carboxylic acids is 1. The highest BCUT2D eigenvalue weighted by Crippen LogP contribution is 2.14. The molecule has 0 saturated heterocycles. The summed E-state index contributed by atoms with van der Waals surface area (Å²) in [4.78, 5) is 25.0. The number of aliphatic carboxylic acids is 1. The van der Waals surface area contributed by atoms with Crippen molar-refractivity contribution < 1.29 is 14.7 Å². The second-order valence-electron chi connectivity index (χ2n) is 5.66. The van der Waals surface area contributed by atoms with Crippen LogP contribution in [0.15, 0.2) is 24.3 Å². The predicted octanol–water partition coefficient (Wildman–Crippen LogP) is 2.78. The zero-order valence-corrected chi connectivity index (χ0v) is 13.1. The molecular formula is C16H24N2O3. The van der Waals surface area contributed by atoms with E-state index in [2.05, 4.69) is 5.32 Å². The van der Waals surface area contributed by atoms with Gasteiger partial charge < -0.3 is 15.3 Å². The molecule has 0 aliphatic rings. The van der Waals surface area contributed by atoms with E-state index in [9.17, 15) is 14.7 Å². The predicted molar refractivity (Wildman–Crippen MR) is 82.1 cm³/mol. The molecule has 0 fully saturated rings. The van der Waals surface area contributed by atoms with Crippen molar-refractivity contribution >= 4 is 12.0 Å². The molecule has 2 amide bonds. The van der Waals surface area contributed by atoms with Crippen molar-refractivity contribution in [3.63, 3.8) is 0 Å². The minimum Gasteiger partial charge on any atom is -0.480 e. The molecule has 0 radical (unpaired) electrons. The molecule has 2 N–H and O–H groups in total. The Hall–Kier alpha value is -2.04. The smallest absolute Gasteiger partial charge is 0.329 e. The molecule has 1 rings (SSSR count). The first kappa shape index (κ1) is 17.0. The van der Waals surface area contributed by atoms with Crippen molar-refractivity contribution in [1.29, 1.82) is 0 Å². The molecule has 0 bridgehead atoms. The third kappa shape index (κ3) is 4.77. The summed E-state index contributed by atoms with van der Waals surface area (Å²) in [7, 11) is 1.66. The van der Waals surface area contributed by atoms with Gasteiger partial charge in [0.05, 0.1) is 0 Å². The largest absolute Gasteiger partial charge is 0.480 e. The zero-order valence-electron chi connectivity index (χ0n) is 13.1.